The van der Waals surface area contributed by atoms with Gasteiger partial charge in [-0.3, -0.25) is 0 Å². The minimum Gasteiger partial charge on any atom is -0.352 e. The number of hydrogen-bond donors (Lipinski definition) is 0. The molecule has 0 spiro atoms. The van der Waals surface area contributed by atoms with E-state index in [1.807, 2.05) is 43.0 Å². The lowest BCUT2D eigenvalue weighted by molar-refractivity contribution is 0.380. The zero-order chi connectivity index (χ0) is 22.2. The molecule has 0 amide bonds. The highest BCUT2D eigenvalue weighted by molar-refractivity contribution is 7.89. The fraction of sp³-hybridized carbons (Fsp3) is 0.273. The summed E-state index contributed by atoms with van der Waals surface area (Å²) in [4.78, 5) is 1.28. The molecule has 0 N–H and O–H groups in total. The Bertz CT molecular complexity index is 1210. The first-order valence-corrected chi connectivity index (χ1v) is 11.3. The number of benzene rings is 2. The van der Waals surface area contributed by atoms with Gasteiger partial charge in [-0.15, -0.1) is 10.2 Å². The fourth-order valence-corrected chi connectivity index (χ4v) is 5.21. The van der Waals surface area contributed by atoms with Gasteiger partial charge in [0.05, 0.1) is 5.69 Å². The van der Waals surface area contributed by atoms with Gasteiger partial charge in [0.25, 0.3) is 0 Å². The second-order valence-corrected chi connectivity index (χ2v) is 9.47. The number of rotatable bonds is 4. The van der Waals surface area contributed by atoms with Crippen LogP contribution in [0, 0.1) is 25.5 Å². The molecule has 1 aromatic heterocycles. The standard InChI is InChI=1S/C22H22F2N4O2S/c1-15-3-5-18(16(2)13-15)20-7-8-22(26-25-20)27-9-11-28(12-10-27)31(29,30)21-14-17(23)4-6-19(21)24/h3-8,13-14H,9-12H2,1-2H3. The molecule has 0 aliphatic carbocycles. The third-order valence-electron chi connectivity index (χ3n) is 5.38. The van der Waals surface area contributed by atoms with Crippen LogP contribution in [0.1, 0.15) is 11.1 Å². The smallest absolute Gasteiger partial charge is 0.246 e. The molecular formula is C22H22F2N4O2S. The summed E-state index contributed by atoms with van der Waals surface area (Å²) in [7, 11) is -4.12. The SMILES string of the molecule is Cc1ccc(-c2ccc(N3CCN(S(=O)(=O)c4cc(F)ccc4F)CC3)nn2)c(C)c1. The van der Waals surface area contributed by atoms with E-state index < -0.39 is 26.6 Å². The predicted molar refractivity (Wildman–Crippen MR) is 114 cm³/mol. The van der Waals surface area contributed by atoms with Gasteiger partial charge >= 0.3 is 0 Å². The Kier molecular flexibility index (Phi) is 5.72. The van der Waals surface area contributed by atoms with Crippen LogP contribution in [0.2, 0.25) is 0 Å². The van der Waals surface area contributed by atoms with E-state index in [2.05, 4.69) is 16.3 Å². The van der Waals surface area contributed by atoms with Crippen LogP contribution < -0.4 is 4.90 Å². The van der Waals surface area contributed by atoms with Crippen molar-refractivity contribution in [2.24, 2.45) is 0 Å². The van der Waals surface area contributed by atoms with Gasteiger partial charge < -0.3 is 4.90 Å². The van der Waals surface area contributed by atoms with Crippen molar-refractivity contribution in [3.63, 3.8) is 0 Å². The van der Waals surface area contributed by atoms with E-state index in [1.165, 1.54) is 9.87 Å². The molecule has 1 aliphatic heterocycles. The van der Waals surface area contributed by atoms with Crippen LogP contribution in [0.4, 0.5) is 14.6 Å². The van der Waals surface area contributed by atoms with Crippen LogP contribution in [0.3, 0.4) is 0 Å². The van der Waals surface area contributed by atoms with Gasteiger partial charge in [0.15, 0.2) is 5.82 Å². The lowest BCUT2D eigenvalue weighted by Gasteiger charge is -2.34. The Hall–Kier alpha value is -2.91. The van der Waals surface area contributed by atoms with Crippen LogP contribution in [0.25, 0.3) is 11.3 Å². The molecule has 9 heteroatoms. The molecule has 2 aromatic carbocycles. The van der Waals surface area contributed by atoms with E-state index in [4.69, 9.17) is 0 Å². The topological polar surface area (TPSA) is 66.4 Å². The second kappa shape index (κ2) is 8.32. The normalized spacial score (nSPS) is 15.3. The van der Waals surface area contributed by atoms with Gasteiger partial charge in [0, 0.05) is 31.7 Å². The quantitative estimate of drug-likeness (QED) is 0.616. The van der Waals surface area contributed by atoms with Crippen LogP contribution in [0.5, 0.6) is 0 Å². The largest absolute Gasteiger partial charge is 0.352 e. The van der Waals surface area contributed by atoms with Gasteiger partial charge in [-0.2, -0.15) is 4.31 Å². The maximum absolute atomic E-state index is 14.0. The average Bonchev–Trinajstić information content (AvgIpc) is 2.76. The van der Waals surface area contributed by atoms with Gasteiger partial charge in [0.1, 0.15) is 16.5 Å². The Balaban J connectivity index is 1.47. The highest BCUT2D eigenvalue weighted by atomic mass is 32.2. The van der Waals surface area contributed by atoms with E-state index >= 15 is 0 Å². The summed E-state index contributed by atoms with van der Waals surface area (Å²) in [6.45, 7) is 5.08. The maximum Gasteiger partial charge on any atom is 0.246 e. The molecule has 1 aliphatic rings. The van der Waals surface area contributed by atoms with Crippen molar-refractivity contribution in [3.05, 3.63) is 71.3 Å². The minimum absolute atomic E-state index is 0.138. The van der Waals surface area contributed by atoms with Crippen LogP contribution >= 0.6 is 0 Å². The number of aromatic nitrogens is 2. The Morgan fingerprint density at radius 2 is 1.61 bits per heavy atom. The molecule has 3 aromatic rings. The van der Waals surface area contributed by atoms with Gasteiger partial charge in [-0.25, -0.2) is 17.2 Å². The van der Waals surface area contributed by atoms with E-state index in [9.17, 15) is 17.2 Å². The molecule has 1 saturated heterocycles. The summed E-state index contributed by atoms with van der Waals surface area (Å²) >= 11 is 0. The number of nitrogens with zero attached hydrogens (tertiary/aromatic N) is 4. The Morgan fingerprint density at radius 3 is 2.26 bits per heavy atom. The zero-order valence-corrected chi connectivity index (χ0v) is 18.0. The van der Waals surface area contributed by atoms with E-state index in [0.29, 0.717) is 25.0 Å². The van der Waals surface area contributed by atoms with Crippen molar-refractivity contribution < 1.29 is 17.2 Å². The summed E-state index contributed by atoms with van der Waals surface area (Å²) in [5, 5.41) is 8.65. The van der Waals surface area contributed by atoms with Crippen molar-refractivity contribution in [3.8, 4) is 11.3 Å². The first kappa shape index (κ1) is 21.3. The first-order valence-electron chi connectivity index (χ1n) is 9.87. The van der Waals surface area contributed by atoms with Gasteiger partial charge in [0.2, 0.25) is 10.0 Å². The highest BCUT2D eigenvalue weighted by Gasteiger charge is 2.31. The van der Waals surface area contributed by atoms with E-state index in [0.717, 1.165) is 29.0 Å². The minimum atomic E-state index is -4.12. The summed E-state index contributed by atoms with van der Waals surface area (Å²) < 4.78 is 54.1. The van der Waals surface area contributed by atoms with E-state index in [-0.39, 0.29) is 13.1 Å². The summed E-state index contributed by atoms with van der Waals surface area (Å²) in [6, 6.07) is 12.3. The molecule has 0 saturated carbocycles. The van der Waals surface area contributed by atoms with Crippen LogP contribution in [-0.2, 0) is 10.0 Å². The molecule has 0 unspecified atom stereocenters. The number of hydrogen-bond acceptors (Lipinski definition) is 5. The van der Waals surface area contributed by atoms with Crippen molar-refractivity contribution in [2.75, 3.05) is 31.1 Å². The predicted octanol–water partition coefficient (Wildman–Crippen LogP) is 3.55. The summed E-state index contributed by atoms with van der Waals surface area (Å²) in [6.07, 6.45) is 0. The highest BCUT2D eigenvalue weighted by Crippen LogP contribution is 2.25. The molecule has 162 valence electrons. The van der Waals surface area contributed by atoms with E-state index in [1.54, 1.807) is 0 Å². The Morgan fingerprint density at radius 1 is 0.871 bits per heavy atom. The average molecular weight is 445 g/mol. The fourth-order valence-electron chi connectivity index (χ4n) is 3.71. The third-order valence-corrected chi connectivity index (χ3v) is 7.30. The number of sulfonamides is 1. The van der Waals surface area contributed by atoms with Crippen molar-refractivity contribution in [1.29, 1.82) is 0 Å². The number of halogens is 2. The number of piperazine rings is 1. The molecule has 6 nitrogen and oxygen atoms in total. The molecule has 31 heavy (non-hydrogen) atoms. The molecule has 2 heterocycles. The molecule has 0 bridgehead atoms. The third kappa shape index (κ3) is 4.28. The monoisotopic (exact) mass is 444 g/mol. The number of aryl methyl sites for hydroxylation is 2. The van der Waals surface area contributed by atoms with Gasteiger partial charge in [-0.05, 0) is 49.7 Å². The first-order chi connectivity index (χ1) is 14.8. The lowest BCUT2D eigenvalue weighted by Crippen LogP contribution is -2.49. The zero-order valence-electron chi connectivity index (χ0n) is 17.2. The lowest BCUT2D eigenvalue weighted by atomic mass is 10.0. The molecular weight excluding hydrogens is 422 g/mol. The van der Waals surface area contributed by atoms with Crippen LogP contribution in [0.15, 0.2) is 53.4 Å². The second-order valence-electron chi connectivity index (χ2n) is 7.56. The summed E-state index contributed by atoms with van der Waals surface area (Å²) in [5.41, 5.74) is 4.07. The van der Waals surface area contributed by atoms with Gasteiger partial charge in [-0.1, -0.05) is 23.8 Å². The molecule has 0 atom stereocenters. The molecule has 0 radical (unpaired) electrons. The number of anilines is 1. The van der Waals surface area contributed by atoms with Crippen molar-refractivity contribution in [1.82, 2.24) is 14.5 Å². The Labute approximate surface area is 180 Å². The van der Waals surface area contributed by atoms with Crippen molar-refractivity contribution in [2.45, 2.75) is 18.7 Å². The molecule has 1 fully saturated rings. The van der Waals surface area contributed by atoms with Crippen LogP contribution in [-0.4, -0.2) is 49.1 Å². The maximum atomic E-state index is 14.0. The molecule has 4 rings (SSSR count). The summed E-state index contributed by atoms with van der Waals surface area (Å²) in [5.74, 6) is -1.11. The van der Waals surface area contributed by atoms with Crippen molar-refractivity contribution >= 4 is 15.8 Å².